The maximum absolute atomic E-state index is 10.7. The van der Waals surface area contributed by atoms with Gasteiger partial charge in [-0.05, 0) is 0 Å². The third kappa shape index (κ3) is 2.64. The predicted octanol–water partition coefficient (Wildman–Crippen LogP) is -3.08. The van der Waals surface area contributed by atoms with Crippen LogP contribution in [0.25, 0.3) is 0 Å². The fourth-order valence-electron chi connectivity index (χ4n) is 1.49. The minimum atomic E-state index is -1.45. The first kappa shape index (κ1) is 12.3. The lowest BCUT2D eigenvalue weighted by Crippen LogP contribution is -2.63. The molecule has 15 heavy (non-hydrogen) atoms. The highest BCUT2D eigenvalue weighted by molar-refractivity contribution is 5.73. The molecule has 7 nitrogen and oxygen atoms in total. The maximum Gasteiger partial charge on any atom is 0.217 e. The van der Waals surface area contributed by atoms with Crippen molar-refractivity contribution in [3.05, 3.63) is 0 Å². The van der Waals surface area contributed by atoms with Crippen molar-refractivity contribution in [3.8, 4) is 0 Å². The molecular weight excluding hydrogens is 206 g/mol. The Hall–Kier alpha value is -0.730. The van der Waals surface area contributed by atoms with Crippen molar-refractivity contribution in [1.82, 2.24) is 5.32 Å². The molecule has 0 spiro atoms. The molecule has 7 heteroatoms. The van der Waals surface area contributed by atoms with Gasteiger partial charge in [0.2, 0.25) is 5.91 Å². The number of carbonyl (C=O) groups excluding carboxylic acids is 1. The van der Waals surface area contributed by atoms with Crippen LogP contribution in [0.1, 0.15) is 6.92 Å². The zero-order chi connectivity index (χ0) is 11.6. The molecule has 5 atom stereocenters. The Morgan fingerprint density at radius 1 is 1.33 bits per heavy atom. The van der Waals surface area contributed by atoms with Gasteiger partial charge in [-0.1, -0.05) is 0 Å². The molecule has 1 amide bonds. The van der Waals surface area contributed by atoms with Gasteiger partial charge < -0.3 is 30.5 Å². The summed E-state index contributed by atoms with van der Waals surface area (Å²) in [6.07, 6.45) is -5.24. The standard InChI is InChI=1S/C8H15NO6/c1-3(11)9-5-7(13)6(12)4(2-10)15-8(5)14/h4-8,10,12-14H,2H2,1H3,(H,9,11)/t4-,5-,6-,7+,8+/m1/s1. The van der Waals surface area contributed by atoms with Gasteiger partial charge in [0, 0.05) is 6.92 Å². The summed E-state index contributed by atoms with van der Waals surface area (Å²) in [5, 5.41) is 39.4. The Morgan fingerprint density at radius 2 is 1.93 bits per heavy atom. The smallest absolute Gasteiger partial charge is 0.217 e. The second-order valence-electron chi connectivity index (χ2n) is 3.46. The van der Waals surface area contributed by atoms with Gasteiger partial charge in [-0.3, -0.25) is 4.79 Å². The van der Waals surface area contributed by atoms with Crippen molar-refractivity contribution in [2.45, 2.75) is 37.6 Å². The normalized spacial score (nSPS) is 41.3. The Bertz CT molecular complexity index is 235. The highest BCUT2D eigenvalue weighted by Gasteiger charge is 2.43. The number of hydrogen-bond acceptors (Lipinski definition) is 6. The first-order valence-electron chi connectivity index (χ1n) is 4.55. The number of carbonyl (C=O) groups is 1. The summed E-state index contributed by atoms with van der Waals surface area (Å²) in [6, 6.07) is -1.10. The van der Waals surface area contributed by atoms with Crippen LogP contribution in [0.2, 0.25) is 0 Å². The highest BCUT2D eigenvalue weighted by atomic mass is 16.6. The Kier molecular flexibility index (Phi) is 4.00. The fourth-order valence-corrected chi connectivity index (χ4v) is 1.49. The number of aliphatic hydroxyl groups excluding tert-OH is 4. The maximum atomic E-state index is 10.7. The summed E-state index contributed by atoms with van der Waals surface area (Å²) in [7, 11) is 0. The molecular formula is C8H15NO6. The molecule has 0 aliphatic carbocycles. The van der Waals surface area contributed by atoms with E-state index in [4.69, 9.17) is 9.84 Å². The van der Waals surface area contributed by atoms with E-state index in [0.717, 1.165) is 0 Å². The lowest BCUT2D eigenvalue weighted by Gasteiger charge is -2.40. The molecule has 88 valence electrons. The van der Waals surface area contributed by atoms with E-state index < -0.39 is 43.2 Å². The van der Waals surface area contributed by atoms with E-state index in [1.54, 1.807) is 0 Å². The number of ether oxygens (including phenoxy) is 1. The first-order chi connectivity index (χ1) is 6.97. The van der Waals surface area contributed by atoms with Gasteiger partial charge in [-0.25, -0.2) is 0 Å². The van der Waals surface area contributed by atoms with E-state index in [9.17, 15) is 20.1 Å². The number of nitrogens with one attached hydrogen (secondary N) is 1. The monoisotopic (exact) mass is 221 g/mol. The SMILES string of the molecule is CC(=O)N[C@@H]1[C@H](O)[C@H](O)[C@@H](CO)O[C@@H]1O. The number of aliphatic hydroxyl groups is 4. The fraction of sp³-hybridized carbons (Fsp3) is 0.875. The minimum absolute atomic E-state index is 0.462. The van der Waals surface area contributed by atoms with E-state index in [1.165, 1.54) is 6.92 Å². The van der Waals surface area contributed by atoms with Gasteiger partial charge >= 0.3 is 0 Å². The number of amides is 1. The van der Waals surface area contributed by atoms with Crippen LogP contribution in [0, 0.1) is 0 Å². The van der Waals surface area contributed by atoms with Crippen LogP contribution in [-0.4, -0.2) is 63.6 Å². The van der Waals surface area contributed by atoms with E-state index in [1.807, 2.05) is 0 Å². The van der Waals surface area contributed by atoms with Crippen LogP contribution in [0.3, 0.4) is 0 Å². The zero-order valence-corrected chi connectivity index (χ0v) is 8.20. The number of hydrogen-bond donors (Lipinski definition) is 5. The topological polar surface area (TPSA) is 119 Å². The van der Waals surface area contributed by atoms with Crippen LogP contribution < -0.4 is 5.32 Å². The van der Waals surface area contributed by atoms with E-state index in [2.05, 4.69) is 5.32 Å². The van der Waals surface area contributed by atoms with Crippen molar-refractivity contribution >= 4 is 5.91 Å². The molecule has 0 unspecified atom stereocenters. The Morgan fingerprint density at radius 3 is 2.40 bits per heavy atom. The average Bonchev–Trinajstić information content (AvgIpc) is 2.18. The van der Waals surface area contributed by atoms with Crippen LogP contribution in [0.4, 0.5) is 0 Å². The molecule has 0 aromatic carbocycles. The van der Waals surface area contributed by atoms with Gasteiger partial charge in [0.25, 0.3) is 0 Å². The van der Waals surface area contributed by atoms with Crippen molar-refractivity contribution in [2.24, 2.45) is 0 Å². The van der Waals surface area contributed by atoms with E-state index >= 15 is 0 Å². The summed E-state index contributed by atoms with van der Waals surface area (Å²) in [6.45, 7) is 0.687. The second-order valence-corrected chi connectivity index (χ2v) is 3.46. The van der Waals surface area contributed by atoms with Crippen LogP contribution in [-0.2, 0) is 9.53 Å². The van der Waals surface area contributed by atoms with E-state index in [0.29, 0.717) is 0 Å². The molecule has 5 N–H and O–H groups in total. The van der Waals surface area contributed by atoms with Crippen LogP contribution in [0.5, 0.6) is 0 Å². The summed E-state index contributed by atoms with van der Waals surface area (Å²) >= 11 is 0. The van der Waals surface area contributed by atoms with Gasteiger partial charge in [-0.2, -0.15) is 0 Å². The quantitative estimate of drug-likeness (QED) is 0.337. The molecule has 0 bridgehead atoms. The minimum Gasteiger partial charge on any atom is -0.394 e. The molecule has 0 aromatic heterocycles. The predicted molar refractivity (Wildman–Crippen MR) is 47.6 cm³/mol. The Labute approximate surface area is 86.3 Å². The molecule has 0 aromatic rings. The zero-order valence-electron chi connectivity index (χ0n) is 8.20. The lowest BCUT2D eigenvalue weighted by molar-refractivity contribution is -0.253. The lowest BCUT2D eigenvalue weighted by atomic mass is 9.97. The molecule has 1 rings (SSSR count). The van der Waals surface area contributed by atoms with Crippen molar-refractivity contribution in [3.63, 3.8) is 0 Å². The van der Waals surface area contributed by atoms with Crippen molar-refractivity contribution in [1.29, 1.82) is 0 Å². The molecule has 1 saturated heterocycles. The Balaban J connectivity index is 2.70. The van der Waals surface area contributed by atoms with E-state index in [-0.39, 0.29) is 0 Å². The molecule has 1 aliphatic rings. The molecule has 1 fully saturated rings. The van der Waals surface area contributed by atoms with Crippen LogP contribution >= 0.6 is 0 Å². The summed E-state index contributed by atoms with van der Waals surface area (Å²) < 4.78 is 4.81. The molecule has 1 heterocycles. The molecule has 1 aliphatic heterocycles. The van der Waals surface area contributed by atoms with Gasteiger partial charge in [0.15, 0.2) is 6.29 Å². The first-order valence-corrected chi connectivity index (χ1v) is 4.55. The molecule has 0 radical (unpaired) electrons. The second kappa shape index (κ2) is 4.86. The molecule has 0 saturated carbocycles. The summed E-state index contributed by atoms with van der Waals surface area (Å²) in [5.74, 6) is -0.462. The third-order valence-corrected chi connectivity index (χ3v) is 2.27. The van der Waals surface area contributed by atoms with Crippen molar-refractivity contribution < 1.29 is 30.0 Å². The third-order valence-electron chi connectivity index (χ3n) is 2.27. The highest BCUT2D eigenvalue weighted by Crippen LogP contribution is 2.19. The van der Waals surface area contributed by atoms with Gasteiger partial charge in [0.1, 0.15) is 24.4 Å². The largest absolute Gasteiger partial charge is 0.394 e. The van der Waals surface area contributed by atoms with Crippen molar-refractivity contribution in [2.75, 3.05) is 6.61 Å². The van der Waals surface area contributed by atoms with Gasteiger partial charge in [-0.15, -0.1) is 0 Å². The van der Waals surface area contributed by atoms with Crippen LogP contribution in [0.15, 0.2) is 0 Å². The number of rotatable bonds is 2. The average molecular weight is 221 g/mol. The summed E-state index contributed by atoms with van der Waals surface area (Å²) in [4.78, 5) is 10.7. The van der Waals surface area contributed by atoms with Gasteiger partial charge in [0.05, 0.1) is 6.61 Å². The summed E-state index contributed by atoms with van der Waals surface area (Å²) in [5.41, 5.74) is 0.